The first-order valence-corrected chi connectivity index (χ1v) is 12.3. The highest BCUT2D eigenvalue weighted by Crippen LogP contribution is 2.15. The maximum absolute atomic E-state index is 6.24. The molecular formula is C26H30O3Si. The molecule has 0 aromatic heterocycles. The fourth-order valence-corrected chi connectivity index (χ4v) is 4.93. The van der Waals surface area contributed by atoms with Crippen molar-refractivity contribution < 1.29 is 13.3 Å². The topological polar surface area (TPSA) is 27.7 Å². The predicted octanol–water partition coefficient (Wildman–Crippen LogP) is 5.43. The second-order valence-electron chi connectivity index (χ2n) is 7.06. The van der Waals surface area contributed by atoms with Gasteiger partial charge in [0.25, 0.3) is 0 Å². The molecule has 0 amide bonds. The van der Waals surface area contributed by atoms with Gasteiger partial charge in [0, 0.05) is 19.8 Å². The Morgan fingerprint density at radius 3 is 1.10 bits per heavy atom. The van der Waals surface area contributed by atoms with E-state index in [4.69, 9.17) is 13.3 Å². The third-order valence-corrected chi connectivity index (χ3v) is 7.18. The zero-order valence-electron chi connectivity index (χ0n) is 17.4. The number of hydrogen-bond acceptors (Lipinski definition) is 3. The summed E-state index contributed by atoms with van der Waals surface area (Å²) in [5, 5.41) is 0. The van der Waals surface area contributed by atoms with Gasteiger partial charge in [-0.1, -0.05) is 97.6 Å². The van der Waals surface area contributed by atoms with Crippen LogP contribution in [-0.2, 0) is 32.5 Å². The Balaban J connectivity index is 1.57. The summed E-state index contributed by atoms with van der Waals surface area (Å²) in [6.45, 7) is 5.62. The van der Waals surface area contributed by atoms with Crippen LogP contribution >= 0.6 is 0 Å². The van der Waals surface area contributed by atoms with E-state index in [1.165, 1.54) is 16.7 Å². The van der Waals surface area contributed by atoms with Gasteiger partial charge in [0.2, 0.25) is 0 Å². The molecule has 0 unspecified atom stereocenters. The van der Waals surface area contributed by atoms with Gasteiger partial charge in [0.05, 0.1) is 0 Å². The lowest BCUT2D eigenvalue weighted by molar-refractivity contribution is 0.0740. The van der Waals surface area contributed by atoms with Crippen LogP contribution in [0.1, 0.15) is 16.7 Å². The predicted molar refractivity (Wildman–Crippen MR) is 124 cm³/mol. The van der Waals surface area contributed by atoms with E-state index in [2.05, 4.69) is 43.0 Å². The largest absolute Gasteiger partial charge is 0.529 e. The van der Waals surface area contributed by atoms with Crippen molar-refractivity contribution >= 4 is 8.80 Å². The molecule has 0 saturated carbocycles. The van der Waals surface area contributed by atoms with Gasteiger partial charge in [-0.2, -0.15) is 0 Å². The van der Waals surface area contributed by atoms with Crippen LogP contribution in [0.4, 0.5) is 0 Å². The summed E-state index contributed by atoms with van der Waals surface area (Å²) >= 11 is 0. The van der Waals surface area contributed by atoms with Crippen LogP contribution in [0.5, 0.6) is 0 Å². The smallest absolute Gasteiger partial charge is 0.370 e. The molecule has 0 aliphatic rings. The summed E-state index contributed by atoms with van der Waals surface area (Å²) < 4.78 is 18.7. The molecule has 3 aromatic rings. The highest BCUT2D eigenvalue weighted by molar-refractivity contribution is 6.66. The molecule has 156 valence electrons. The Morgan fingerprint density at radius 1 is 0.533 bits per heavy atom. The van der Waals surface area contributed by atoms with E-state index < -0.39 is 8.80 Å². The third kappa shape index (κ3) is 7.39. The molecule has 0 aliphatic heterocycles. The molecular weight excluding hydrogens is 388 g/mol. The summed E-state index contributed by atoms with van der Waals surface area (Å²) in [4.78, 5) is 0. The number of hydrogen-bond donors (Lipinski definition) is 0. The lowest BCUT2D eigenvalue weighted by Crippen LogP contribution is -2.45. The highest BCUT2D eigenvalue weighted by Gasteiger charge is 2.37. The molecule has 0 heterocycles. The van der Waals surface area contributed by atoms with Gasteiger partial charge in [0.15, 0.2) is 0 Å². The van der Waals surface area contributed by atoms with Crippen LogP contribution in [0.3, 0.4) is 0 Å². The van der Waals surface area contributed by atoms with Gasteiger partial charge in [-0.3, -0.25) is 0 Å². The Hall–Kier alpha value is -2.50. The molecule has 4 heteroatoms. The molecule has 0 bridgehead atoms. The maximum atomic E-state index is 6.24. The van der Waals surface area contributed by atoms with Crippen molar-refractivity contribution in [3.8, 4) is 0 Å². The van der Waals surface area contributed by atoms with E-state index in [1.54, 1.807) is 5.70 Å². The molecule has 3 rings (SSSR count). The van der Waals surface area contributed by atoms with Crippen LogP contribution in [-0.4, -0.2) is 28.6 Å². The van der Waals surface area contributed by atoms with Gasteiger partial charge >= 0.3 is 8.80 Å². The van der Waals surface area contributed by atoms with E-state index in [9.17, 15) is 0 Å². The van der Waals surface area contributed by atoms with Crippen LogP contribution in [0.25, 0.3) is 0 Å². The van der Waals surface area contributed by atoms with E-state index >= 15 is 0 Å². The van der Waals surface area contributed by atoms with Crippen molar-refractivity contribution in [1.29, 1.82) is 0 Å². The van der Waals surface area contributed by atoms with Gasteiger partial charge in [-0.25, -0.2) is 0 Å². The van der Waals surface area contributed by atoms with Crippen LogP contribution in [0, 0.1) is 0 Å². The van der Waals surface area contributed by atoms with E-state index in [-0.39, 0.29) is 0 Å². The minimum atomic E-state index is -2.97. The van der Waals surface area contributed by atoms with Crippen molar-refractivity contribution in [3.05, 3.63) is 120 Å². The Bertz CT molecular complexity index is 742. The Labute approximate surface area is 181 Å². The second-order valence-corrected chi connectivity index (χ2v) is 9.54. The van der Waals surface area contributed by atoms with Crippen molar-refractivity contribution in [2.24, 2.45) is 0 Å². The average Bonchev–Trinajstić information content (AvgIpc) is 2.81. The fraction of sp³-hybridized carbons (Fsp3) is 0.231. The molecule has 0 aliphatic carbocycles. The Morgan fingerprint density at radius 2 is 0.833 bits per heavy atom. The molecule has 0 radical (unpaired) electrons. The monoisotopic (exact) mass is 418 g/mol. The molecule has 0 N–H and O–H groups in total. The fourth-order valence-electron chi connectivity index (χ4n) is 3.17. The summed E-state index contributed by atoms with van der Waals surface area (Å²) in [6.07, 6.45) is 2.44. The van der Waals surface area contributed by atoms with Gasteiger partial charge < -0.3 is 13.3 Å². The molecule has 0 spiro atoms. The van der Waals surface area contributed by atoms with Crippen molar-refractivity contribution in [1.82, 2.24) is 0 Å². The van der Waals surface area contributed by atoms with Crippen molar-refractivity contribution in [2.75, 3.05) is 19.8 Å². The third-order valence-electron chi connectivity index (χ3n) is 4.86. The van der Waals surface area contributed by atoms with Crippen LogP contribution < -0.4 is 0 Å². The van der Waals surface area contributed by atoms with Crippen molar-refractivity contribution in [3.63, 3.8) is 0 Å². The van der Waals surface area contributed by atoms with Gasteiger partial charge in [-0.15, -0.1) is 0 Å². The first-order chi connectivity index (χ1) is 14.8. The maximum Gasteiger partial charge on any atom is 0.529 e. The normalized spacial score (nSPS) is 11.3. The number of rotatable bonds is 13. The van der Waals surface area contributed by atoms with Gasteiger partial charge in [0.1, 0.15) is 0 Å². The molecule has 3 nitrogen and oxygen atoms in total. The standard InChI is InChI=1S/C26H30O3Si/c1-2-30(27-21-18-24-12-6-3-7-13-24,28-22-19-25-14-8-4-9-15-25)29-23-20-26-16-10-5-11-17-26/h2-17H,1,18-23H2. The van der Waals surface area contributed by atoms with Crippen molar-refractivity contribution in [2.45, 2.75) is 19.3 Å². The summed E-state index contributed by atoms with van der Waals surface area (Å²) in [5.41, 5.74) is 5.46. The van der Waals surface area contributed by atoms with E-state index in [0.717, 1.165) is 19.3 Å². The van der Waals surface area contributed by atoms with Crippen LogP contribution in [0.15, 0.2) is 103 Å². The molecule has 30 heavy (non-hydrogen) atoms. The SMILES string of the molecule is C=C[Si](OCCc1ccccc1)(OCCc1ccccc1)OCCc1ccccc1. The summed E-state index contributed by atoms with van der Waals surface area (Å²) in [7, 11) is -2.97. The molecule has 0 atom stereocenters. The molecule has 0 saturated heterocycles. The minimum absolute atomic E-state index is 0.541. The summed E-state index contributed by atoms with van der Waals surface area (Å²) in [5.74, 6) is 0. The van der Waals surface area contributed by atoms with E-state index in [1.807, 2.05) is 54.6 Å². The molecule has 3 aromatic carbocycles. The second kappa shape index (κ2) is 12.3. The van der Waals surface area contributed by atoms with Crippen LogP contribution in [0.2, 0.25) is 0 Å². The molecule has 0 fully saturated rings. The Kier molecular flexibility index (Phi) is 9.06. The average molecular weight is 419 g/mol. The lowest BCUT2D eigenvalue weighted by Gasteiger charge is -2.27. The first kappa shape index (κ1) is 22.2. The quantitative estimate of drug-likeness (QED) is 0.347. The highest BCUT2D eigenvalue weighted by atomic mass is 28.4. The zero-order valence-corrected chi connectivity index (χ0v) is 18.4. The lowest BCUT2D eigenvalue weighted by atomic mass is 10.2. The van der Waals surface area contributed by atoms with Gasteiger partial charge in [-0.05, 0) is 41.7 Å². The first-order valence-electron chi connectivity index (χ1n) is 10.5. The summed E-state index contributed by atoms with van der Waals surface area (Å²) in [6, 6.07) is 30.9. The number of benzene rings is 3. The van der Waals surface area contributed by atoms with E-state index in [0.29, 0.717) is 19.8 Å². The zero-order chi connectivity index (χ0) is 20.9. The minimum Gasteiger partial charge on any atom is -0.370 e.